The topological polar surface area (TPSA) is 164 Å². The minimum atomic E-state index is -4.80. The minimum absolute atomic E-state index is 0.0117. The molecule has 9 aromatic rings. The number of alkyl halides is 8. The summed E-state index contributed by atoms with van der Waals surface area (Å²) in [5.74, 6) is -7.45. The van der Waals surface area contributed by atoms with Gasteiger partial charge in [-0.05, 0) is 392 Å². The second-order valence-corrected chi connectivity index (χ2v) is 54.8. The van der Waals surface area contributed by atoms with Gasteiger partial charge in [-0.3, -0.25) is 19.2 Å². The predicted octanol–water partition coefficient (Wildman–Crippen LogP) is 29.3. The Balaban J connectivity index is 0.000000129. The molecule has 0 amide bonds. The zero-order chi connectivity index (χ0) is 106. The zero-order valence-corrected chi connectivity index (χ0v) is 91.1. The molecule has 23 heteroatoms. The van der Waals surface area contributed by atoms with E-state index in [1.807, 2.05) is 0 Å². The second kappa shape index (κ2) is 44.3. The van der Waals surface area contributed by atoms with E-state index in [-0.39, 0.29) is 92.9 Å². The summed E-state index contributed by atoms with van der Waals surface area (Å²) in [6.07, 6.45) is 4.27. The first kappa shape index (κ1) is 110. The molecule has 16 aliphatic carbocycles. The van der Waals surface area contributed by atoms with Crippen molar-refractivity contribution < 1.29 is 92.9 Å². The van der Waals surface area contributed by atoms with Crippen molar-refractivity contribution in [2.45, 2.75) is 348 Å². The Morgan fingerprint density at radius 1 is 0.270 bits per heavy atom. The number of rotatable bonds is 27. The number of ether oxygens (including phenoxy) is 6. The average molecular weight is 2090 g/mol. The van der Waals surface area contributed by atoms with Gasteiger partial charge in [0.05, 0.1) is 79.8 Å². The van der Waals surface area contributed by atoms with Crippen LogP contribution in [0.25, 0.3) is 0 Å². The van der Waals surface area contributed by atoms with Crippen LogP contribution < -0.4 is 0 Å². The van der Waals surface area contributed by atoms with Gasteiger partial charge in [0.15, 0.2) is 56.3 Å². The van der Waals surface area contributed by atoms with E-state index in [2.05, 4.69) is 318 Å². The Hall–Kier alpha value is -8.81. The van der Waals surface area contributed by atoms with Crippen LogP contribution in [0.1, 0.15) is 247 Å². The zero-order valence-electron chi connectivity index (χ0n) is 88.6. The van der Waals surface area contributed by atoms with Crippen molar-refractivity contribution in [1.29, 1.82) is 0 Å². The van der Waals surface area contributed by atoms with E-state index in [1.54, 1.807) is 0 Å². The number of hydrogen-bond acceptors (Lipinski definition) is 12. The molecule has 6 atom stereocenters. The smallest absolute Gasteiger partial charge is 0.419 e. The lowest BCUT2D eigenvalue weighted by Crippen LogP contribution is -2.57. The van der Waals surface area contributed by atoms with Gasteiger partial charge in [-0.25, -0.2) is 0 Å². The van der Waals surface area contributed by atoms with E-state index < -0.39 is 114 Å². The molecule has 0 radical (unpaired) electrons. The molecule has 12 nitrogen and oxygen atoms in total. The van der Waals surface area contributed by atoms with E-state index in [9.17, 15) is 64.5 Å². The summed E-state index contributed by atoms with van der Waals surface area (Å²) in [4.78, 5) is 65.9. The molecule has 0 spiro atoms. The van der Waals surface area contributed by atoms with Crippen molar-refractivity contribution in [2.24, 2.45) is 92.7 Å². The first-order chi connectivity index (χ1) is 69.9. The van der Waals surface area contributed by atoms with E-state index in [4.69, 9.17) is 18.9 Å². The third-order valence-electron chi connectivity index (χ3n) is 34.2. The molecule has 16 bridgehead atoms. The molecule has 794 valence electrons. The molecule has 0 aromatic heterocycles. The van der Waals surface area contributed by atoms with Gasteiger partial charge in [-0.1, -0.05) is 190 Å². The fourth-order valence-electron chi connectivity index (χ4n) is 27.4. The minimum Gasteiger partial charge on any atom is -0.461 e. The van der Waals surface area contributed by atoms with Crippen molar-refractivity contribution in [3.63, 3.8) is 0 Å². The maximum atomic E-state index is 14.0. The number of esters is 4. The second-order valence-electron chi connectivity index (χ2n) is 48.7. The van der Waals surface area contributed by atoms with Crippen LogP contribution in [0.15, 0.2) is 262 Å². The Morgan fingerprint density at radius 2 is 0.446 bits per heavy atom. The standard InChI is InChI=1S/C28H38F4O7.C28H38F4O5.C27H33S.2C21H21S/c1-25(29,30)28(31,32)38-13-20(39-24(36)27-7-15-4-18(10-27)22(34)19(5-15)11-27)12-37-23(35)26-6-14-2-16(8-26)21(33)17(3-14)9-26;1-25(29,30)28(31,32)36-15-22(37-24(34)27-11-19-5-20(12-27)7-21(6-19)13-27)14-35-23(33)26-8-16-2-17(9-26)4-18(3-16)10-26;1-20-8-14-23(15-9-20)28(24-16-10-21(11-17-24)26(2,3)4)25-18-12-22(13-19-25)27(5,6)7;2*1-16-4-10-19(11-5-16)22(20-12-6-17(2)7-13-20)21-14-8-18(3)9-15-21/h14-22,33-34H,2-13H2,1H3;16-22H,2-15H2,1H3;8-19H,1-7H3;2*4-15H,1-3H3/q;;3*+1. The molecule has 9 aromatic carbocycles. The lowest BCUT2D eigenvalue weighted by Gasteiger charge is -2.57. The highest BCUT2D eigenvalue weighted by Crippen LogP contribution is 2.65. The molecule has 148 heavy (non-hydrogen) atoms. The number of benzene rings is 9. The van der Waals surface area contributed by atoms with Gasteiger partial charge in [0.2, 0.25) is 0 Å². The van der Waals surface area contributed by atoms with Gasteiger partial charge in [0.1, 0.15) is 13.2 Å². The molecule has 0 saturated heterocycles. The summed E-state index contributed by atoms with van der Waals surface area (Å²) < 4.78 is 140. The van der Waals surface area contributed by atoms with Crippen LogP contribution in [0.5, 0.6) is 0 Å². The molecular weight excluding hydrogens is 1940 g/mol. The summed E-state index contributed by atoms with van der Waals surface area (Å²) in [6, 6.07) is 81.1. The summed E-state index contributed by atoms with van der Waals surface area (Å²) >= 11 is 0. The number of hydrogen-bond donors (Lipinski definition) is 2. The van der Waals surface area contributed by atoms with E-state index in [0.717, 1.165) is 83.5 Å². The number of aliphatic hydroxyl groups is 2. The van der Waals surface area contributed by atoms with Gasteiger partial charge < -0.3 is 38.6 Å². The Morgan fingerprint density at radius 3 is 0.642 bits per heavy atom. The fraction of sp³-hybridized carbons (Fsp3) is 0.536. The van der Waals surface area contributed by atoms with Crippen molar-refractivity contribution in [2.75, 3.05) is 26.4 Å². The molecule has 16 aliphatic rings. The first-order valence-electron chi connectivity index (χ1n) is 53.7. The molecule has 2 N–H and O–H groups in total. The van der Waals surface area contributed by atoms with E-state index in [0.29, 0.717) is 99.2 Å². The molecular formula is C125H151F8O12S3+3. The number of carbonyl (C=O) groups is 4. The lowest BCUT2D eigenvalue weighted by molar-refractivity contribution is -0.346. The van der Waals surface area contributed by atoms with Gasteiger partial charge in [-0.15, -0.1) is 0 Å². The van der Waals surface area contributed by atoms with Crippen LogP contribution in [0.4, 0.5) is 35.1 Å². The van der Waals surface area contributed by atoms with Crippen LogP contribution in [-0.2, 0) is 91.1 Å². The molecule has 16 fully saturated rings. The summed E-state index contributed by atoms with van der Waals surface area (Å²) in [6.45, 7) is 25.6. The SMILES string of the molecule is CC(F)(F)C(F)(F)OCC(COC(=O)C12CC3CC(C1)C(O)C(C3)C2)OC(=O)C12CC3CC(C1)C(O)C(C3)C2.CC(F)(F)C(F)(F)OCC(COC(=O)C12CC3CC(CC(C3)C1)C2)OC(=O)C12CC3CC(CC(C3)C1)C2.Cc1ccc([S+](c2ccc(C(C)(C)C)cc2)c2ccc(C(C)(C)C)cc2)cc1.Cc1ccc([S+](c2ccc(C)cc2)c2ccc(C)cc2)cc1.Cc1ccc([S+](c2ccc(C)cc2)c2ccc(C)cc2)cc1. The molecule has 6 unspecified atom stereocenters. The maximum absolute atomic E-state index is 14.0. The number of carbonyl (C=O) groups excluding carboxylic acids is 4. The molecule has 0 heterocycles. The summed E-state index contributed by atoms with van der Waals surface area (Å²) in [7, 11) is -0.172. The van der Waals surface area contributed by atoms with Gasteiger partial charge in [0, 0.05) is 13.8 Å². The largest absolute Gasteiger partial charge is 0.461 e. The number of aliphatic hydroxyl groups excluding tert-OH is 2. The normalized spacial score (nSPS) is 28.1. The summed E-state index contributed by atoms with van der Waals surface area (Å²) in [5.41, 5.74) is 9.38. The van der Waals surface area contributed by atoms with Gasteiger partial charge >= 0.3 is 47.9 Å². The Bertz CT molecular complexity index is 5530. The summed E-state index contributed by atoms with van der Waals surface area (Å²) in [5, 5.41) is 21.0. The average Bonchev–Trinajstić information content (AvgIpc) is 0.495. The monoisotopic (exact) mass is 2090 g/mol. The quantitative estimate of drug-likeness (QED) is 0.0217. The Labute approximate surface area is 879 Å². The van der Waals surface area contributed by atoms with Crippen molar-refractivity contribution in [3.05, 3.63) is 268 Å². The lowest BCUT2D eigenvalue weighted by atomic mass is 9.48. The van der Waals surface area contributed by atoms with E-state index in [1.165, 1.54) is 94.1 Å². The highest BCUT2D eigenvalue weighted by atomic mass is 32.2. The predicted molar refractivity (Wildman–Crippen MR) is 565 cm³/mol. The maximum Gasteiger partial charge on any atom is 0.419 e. The Kier molecular flexibility index (Phi) is 33.1. The van der Waals surface area contributed by atoms with E-state index >= 15 is 0 Å². The highest BCUT2D eigenvalue weighted by molar-refractivity contribution is 7.97. The highest BCUT2D eigenvalue weighted by Gasteiger charge is 2.64. The number of aryl methyl sites for hydroxylation is 7. The van der Waals surface area contributed by atoms with Crippen LogP contribution in [0.2, 0.25) is 0 Å². The third kappa shape index (κ3) is 25.3. The third-order valence-corrected chi connectivity index (χ3v) is 40.9. The van der Waals surface area contributed by atoms with Crippen LogP contribution >= 0.6 is 0 Å². The molecule has 0 aliphatic heterocycles. The number of halogens is 8. The molecule has 16 saturated carbocycles. The molecule has 25 rings (SSSR count). The van der Waals surface area contributed by atoms with Gasteiger partial charge in [0.25, 0.3) is 0 Å². The first-order valence-corrected chi connectivity index (χ1v) is 57.4. The van der Waals surface area contributed by atoms with Crippen molar-refractivity contribution in [1.82, 2.24) is 0 Å². The van der Waals surface area contributed by atoms with Crippen molar-refractivity contribution in [3.8, 4) is 0 Å². The van der Waals surface area contributed by atoms with Gasteiger partial charge in [-0.2, -0.15) is 35.1 Å². The van der Waals surface area contributed by atoms with Crippen LogP contribution in [-0.4, -0.2) is 109 Å². The van der Waals surface area contributed by atoms with Crippen LogP contribution in [0.3, 0.4) is 0 Å². The fourth-order valence-corrected chi connectivity index (χ4v) is 33.5. The van der Waals surface area contributed by atoms with Crippen molar-refractivity contribution >= 4 is 56.6 Å². The van der Waals surface area contributed by atoms with Crippen LogP contribution in [0, 0.1) is 141 Å².